The zero-order valence-electron chi connectivity index (χ0n) is 10.3. The fraction of sp³-hybridized carbons (Fsp3) is 0.667. The lowest BCUT2D eigenvalue weighted by Crippen LogP contribution is -2.31. The molecule has 16 heavy (non-hydrogen) atoms. The fourth-order valence-corrected chi connectivity index (χ4v) is 2.33. The summed E-state index contributed by atoms with van der Waals surface area (Å²) < 4.78 is 0. The molecule has 1 fully saturated rings. The normalized spacial score (nSPS) is 18.4. The molecule has 1 heterocycles. The summed E-state index contributed by atoms with van der Waals surface area (Å²) in [4.78, 5) is 8.71. The number of hydrogen-bond donors (Lipinski definition) is 2. The first-order valence-electron chi connectivity index (χ1n) is 5.93. The molecule has 0 radical (unpaired) electrons. The molecule has 1 aliphatic rings. The summed E-state index contributed by atoms with van der Waals surface area (Å²) >= 11 is 0. The molecule has 0 atom stereocenters. The van der Waals surface area contributed by atoms with E-state index in [1.54, 1.807) is 0 Å². The molecule has 2 rings (SSSR count). The Morgan fingerprint density at radius 1 is 1.25 bits per heavy atom. The van der Waals surface area contributed by atoms with E-state index in [1.165, 1.54) is 25.7 Å². The van der Waals surface area contributed by atoms with E-state index >= 15 is 0 Å². The lowest BCUT2D eigenvalue weighted by molar-refractivity contribution is 0.531. The largest absolute Gasteiger partial charge is 0.365 e. The van der Waals surface area contributed by atoms with E-state index in [4.69, 9.17) is 0 Å². The van der Waals surface area contributed by atoms with Crippen LogP contribution < -0.4 is 10.6 Å². The first kappa shape index (κ1) is 11.2. The molecule has 0 saturated heterocycles. The molecule has 4 heteroatoms. The zero-order valence-corrected chi connectivity index (χ0v) is 10.3. The molecule has 1 saturated carbocycles. The van der Waals surface area contributed by atoms with E-state index in [1.807, 2.05) is 20.0 Å². The zero-order chi connectivity index (χ0) is 11.6. The van der Waals surface area contributed by atoms with E-state index in [0.717, 1.165) is 11.5 Å². The summed E-state index contributed by atoms with van der Waals surface area (Å²) in [5.41, 5.74) is 1.20. The van der Waals surface area contributed by atoms with E-state index < -0.39 is 0 Å². The molecule has 2 N–H and O–H groups in total. The third kappa shape index (κ3) is 2.43. The van der Waals surface area contributed by atoms with Crippen molar-refractivity contribution in [1.82, 2.24) is 9.97 Å². The van der Waals surface area contributed by atoms with Crippen LogP contribution in [0.15, 0.2) is 6.07 Å². The first-order chi connectivity index (χ1) is 7.61. The molecular weight excluding hydrogens is 200 g/mol. The van der Waals surface area contributed by atoms with Gasteiger partial charge in [-0.15, -0.1) is 0 Å². The molecule has 88 valence electrons. The van der Waals surface area contributed by atoms with Gasteiger partial charge in [0.15, 0.2) is 0 Å². The lowest BCUT2D eigenvalue weighted by Gasteiger charge is -2.26. The van der Waals surface area contributed by atoms with Crippen LogP contribution in [-0.2, 0) is 0 Å². The maximum absolute atomic E-state index is 4.43. The van der Waals surface area contributed by atoms with Crippen LogP contribution in [-0.4, -0.2) is 22.6 Å². The van der Waals surface area contributed by atoms with E-state index in [9.17, 15) is 0 Å². The van der Waals surface area contributed by atoms with E-state index in [0.29, 0.717) is 5.95 Å². The molecule has 0 amide bonds. The van der Waals surface area contributed by atoms with E-state index in [-0.39, 0.29) is 5.54 Å². The van der Waals surface area contributed by atoms with Crippen LogP contribution in [0.2, 0.25) is 0 Å². The highest BCUT2D eigenvalue weighted by Crippen LogP contribution is 2.32. The van der Waals surface area contributed by atoms with Crippen LogP contribution >= 0.6 is 0 Å². The van der Waals surface area contributed by atoms with Crippen LogP contribution in [0.3, 0.4) is 0 Å². The summed E-state index contributed by atoms with van der Waals surface area (Å²) in [6.07, 6.45) is 5.08. The van der Waals surface area contributed by atoms with Crippen molar-refractivity contribution >= 4 is 11.8 Å². The predicted molar refractivity (Wildman–Crippen MR) is 66.8 cm³/mol. The standard InChI is InChI=1S/C12H20N4/c1-9-8-10(15-11(13-3)14-9)16-12(2)6-4-5-7-12/h8H,4-7H2,1-3H3,(H2,13,14,15,16). The van der Waals surface area contributed by atoms with Gasteiger partial charge in [-0.1, -0.05) is 12.8 Å². The van der Waals surface area contributed by atoms with Crippen molar-refractivity contribution in [2.24, 2.45) is 0 Å². The second-order valence-electron chi connectivity index (χ2n) is 4.86. The maximum Gasteiger partial charge on any atom is 0.224 e. The van der Waals surface area contributed by atoms with E-state index in [2.05, 4.69) is 27.5 Å². The summed E-state index contributed by atoms with van der Waals surface area (Å²) in [6.45, 7) is 4.27. The molecule has 1 aromatic heterocycles. The highest BCUT2D eigenvalue weighted by molar-refractivity contribution is 5.44. The molecular formula is C12H20N4. The third-order valence-corrected chi connectivity index (χ3v) is 3.21. The molecule has 0 spiro atoms. The van der Waals surface area contributed by atoms with Crippen molar-refractivity contribution in [3.8, 4) is 0 Å². The minimum Gasteiger partial charge on any atom is -0.365 e. The van der Waals surface area contributed by atoms with Gasteiger partial charge in [0.25, 0.3) is 0 Å². The van der Waals surface area contributed by atoms with Gasteiger partial charge in [-0.05, 0) is 26.7 Å². The van der Waals surface area contributed by atoms with Gasteiger partial charge < -0.3 is 10.6 Å². The highest BCUT2D eigenvalue weighted by atomic mass is 15.1. The van der Waals surface area contributed by atoms with Gasteiger partial charge in [-0.3, -0.25) is 0 Å². The smallest absolute Gasteiger partial charge is 0.224 e. The Bertz CT molecular complexity index is 369. The van der Waals surface area contributed by atoms with Crippen molar-refractivity contribution in [3.05, 3.63) is 11.8 Å². The number of nitrogens with zero attached hydrogens (tertiary/aromatic N) is 2. The fourth-order valence-electron chi connectivity index (χ4n) is 2.33. The molecule has 4 nitrogen and oxygen atoms in total. The van der Waals surface area contributed by atoms with Gasteiger partial charge in [0.1, 0.15) is 5.82 Å². The summed E-state index contributed by atoms with van der Waals surface area (Å²) in [5.74, 6) is 1.62. The minimum atomic E-state index is 0.214. The number of hydrogen-bond acceptors (Lipinski definition) is 4. The maximum atomic E-state index is 4.43. The van der Waals surface area contributed by atoms with Crippen molar-refractivity contribution in [3.63, 3.8) is 0 Å². The third-order valence-electron chi connectivity index (χ3n) is 3.21. The summed E-state index contributed by atoms with van der Waals surface area (Å²) in [7, 11) is 1.84. The Hall–Kier alpha value is -1.32. The van der Waals surface area contributed by atoms with Crippen LogP contribution in [0, 0.1) is 6.92 Å². The van der Waals surface area contributed by atoms with Gasteiger partial charge in [0, 0.05) is 24.3 Å². The Balaban J connectivity index is 2.17. The van der Waals surface area contributed by atoms with Crippen molar-refractivity contribution in [2.45, 2.75) is 45.1 Å². The minimum absolute atomic E-state index is 0.214. The quantitative estimate of drug-likeness (QED) is 0.822. The number of aromatic nitrogens is 2. The summed E-state index contributed by atoms with van der Waals surface area (Å²) in [5, 5.41) is 6.53. The van der Waals surface area contributed by atoms with Crippen molar-refractivity contribution < 1.29 is 0 Å². The number of rotatable bonds is 3. The van der Waals surface area contributed by atoms with Crippen LogP contribution in [0.25, 0.3) is 0 Å². The second-order valence-corrected chi connectivity index (χ2v) is 4.86. The number of nitrogens with one attached hydrogen (secondary N) is 2. The monoisotopic (exact) mass is 220 g/mol. The first-order valence-corrected chi connectivity index (χ1v) is 5.93. The molecule has 1 aromatic rings. The second kappa shape index (κ2) is 4.28. The van der Waals surface area contributed by atoms with Gasteiger partial charge in [-0.2, -0.15) is 4.98 Å². The molecule has 0 aliphatic heterocycles. The predicted octanol–water partition coefficient (Wildman–Crippen LogP) is 2.57. The average Bonchev–Trinajstić information content (AvgIpc) is 2.63. The Morgan fingerprint density at radius 3 is 2.56 bits per heavy atom. The average molecular weight is 220 g/mol. The van der Waals surface area contributed by atoms with Crippen LogP contribution in [0.4, 0.5) is 11.8 Å². The summed E-state index contributed by atoms with van der Waals surface area (Å²) in [6, 6.07) is 2.00. The van der Waals surface area contributed by atoms with Gasteiger partial charge >= 0.3 is 0 Å². The van der Waals surface area contributed by atoms with Crippen LogP contribution in [0.1, 0.15) is 38.3 Å². The number of anilines is 2. The highest BCUT2D eigenvalue weighted by Gasteiger charge is 2.28. The van der Waals surface area contributed by atoms with Crippen LogP contribution in [0.5, 0.6) is 0 Å². The molecule has 0 aromatic carbocycles. The Labute approximate surface area is 96.9 Å². The lowest BCUT2D eigenvalue weighted by atomic mass is 10.0. The van der Waals surface area contributed by atoms with Gasteiger partial charge in [0.05, 0.1) is 0 Å². The Kier molecular flexibility index (Phi) is 2.99. The molecule has 0 bridgehead atoms. The van der Waals surface area contributed by atoms with Crippen molar-refractivity contribution in [2.75, 3.05) is 17.7 Å². The van der Waals surface area contributed by atoms with Gasteiger partial charge in [0.2, 0.25) is 5.95 Å². The molecule has 1 aliphatic carbocycles. The molecule has 0 unspecified atom stereocenters. The topological polar surface area (TPSA) is 49.8 Å². The number of aryl methyl sites for hydroxylation is 1. The van der Waals surface area contributed by atoms with Crippen molar-refractivity contribution in [1.29, 1.82) is 0 Å². The SMILES string of the molecule is CNc1nc(C)cc(NC2(C)CCCC2)n1. The Morgan fingerprint density at radius 2 is 1.94 bits per heavy atom. The van der Waals surface area contributed by atoms with Gasteiger partial charge in [-0.25, -0.2) is 4.98 Å².